The Morgan fingerprint density at radius 1 is 1.26 bits per heavy atom. The number of methoxy groups -OCH3 is 1. The van der Waals surface area contributed by atoms with Gasteiger partial charge in [-0.15, -0.1) is 0 Å². The Labute approximate surface area is 115 Å². The quantitative estimate of drug-likeness (QED) is 0.750. The summed E-state index contributed by atoms with van der Waals surface area (Å²) in [5.41, 5.74) is 1.08. The summed E-state index contributed by atoms with van der Waals surface area (Å²) >= 11 is 0. The lowest BCUT2D eigenvalue weighted by Crippen LogP contribution is -2.06. The van der Waals surface area contributed by atoms with Gasteiger partial charge < -0.3 is 4.74 Å². The molecular formula is C15H20O3S. The monoisotopic (exact) mass is 280 g/mol. The second kappa shape index (κ2) is 7.14. The third kappa shape index (κ3) is 4.91. The minimum Gasteiger partial charge on any atom is -0.497 e. The highest BCUT2D eigenvalue weighted by Gasteiger charge is 2.13. The summed E-state index contributed by atoms with van der Waals surface area (Å²) in [7, 11) is -1.67. The lowest BCUT2D eigenvalue weighted by atomic mass is 10.2. The third-order valence-electron chi connectivity index (χ3n) is 2.70. The molecule has 0 unspecified atom stereocenters. The van der Waals surface area contributed by atoms with Crippen molar-refractivity contribution in [1.29, 1.82) is 0 Å². The van der Waals surface area contributed by atoms with Crippen LogP contribution in [0.4, 0.5) is 0 Å². The standard InChI is InChI=1S/C15H20O3S/c1-4-6-13(2)7-5-12-19(16,17)15-10-8-14(18-3)9-11-15/h4,6-11H,5,12H2,1-3H3/b6-4-,13-7-. The van der Waals surface area contributed by atoms with Crippen LogP contribution in [0.2, 0.25) is 0 Å². The number of hydrogen-bond acceptors (Lipinski definition) is 3. The van der Waals surface area contributed by atoms with Crippen LogP contribution in [0, 0.1) is 0 Å². The zero-order valence-corrected chi connectivity index (χ0v) is 12.4. The van der Waals surface area contributed by atoms with Gasteiger partial charge in [0.15, 0.2) is 9.84 Å². The van der Waals surface area contributed by atoms with Crippen molar-refractivity contribution >= 4 is 9.84 Å². The molecule has 0 aliphatic carbocycles. The Bertz CT molecular complexity index is 552. The van der Waals surface area contributed by atoms with Gasteiger partial charge in [-0.25, -0.2) is 8.42 Å². The van der Waals surface area contributed by atoms with Crippen LogP contribution >= 0.6 is 0 Å². The molecule has 0 fully saturated rings. The lowest BCUT2D eigenvalue weighted by Gasteiger charge is -2.04. The van der Waals surface area contributed by atoms with Gasteiger partial charge in [0.05, 0.1) is 17.8 Å². The van der Waals surface area contributed by atoms with E-state index >= 15 is 0 Å². The maximum absolute atomic E-state index is 12.1. The highest BCUT2D eigenvalue weighted by molar-refractivity contribution is 7.91. The Balaban J connectivity index is 2.73. The van der Waals surface area contributed by atoms with Gasteiger partial charge in [-0.3, -0.25) is 0 Å². The molecule has 0 aromatic heterocycles. The van der Waals surface area contributed by atoms with Crippen molar-refractivity contribution in [3.8, 4) is 5.75 Å². The molecule has 19 heavy (non-hydrogen) atoms. The molecule has 3 nitrogen and oxygen atoms in total. The van der Waals surface area contributed by atoms with Gasteiger partial charge in [0.2, 0.25) is 0 Å². The molecular weight excluding hydrogens is 260 g/mol. The fourth-order valence-electron chi connectivity index (χ4n) is 1.67. The normalized spacial score (nSPS) is 12.9. The van der Waals surface area contributed by atoms with Gasteiger partial charge >= 0.3 is 0 Å². The summed E-state index contributed by atoms with van der Waals surface area (Å²) in [4.78, 5) is 0.338. The van der Waals surface area contributed by atoms with E-state index in [1.54, 1.807) is 31.4 Å². The fraction of sp³-hybridized carbons (Fsp3) is 0.333. The van der Waals surface area contributed by atoms with E-state index in [9.17, 15) is 8.42 Å². The van der Waals surface area contributed by atoms with E-state index in [4.69, 9.17) is 4.74 Å². The number of hydrogen-bond donors (Lipinski definition) is 0. The van der Waals surface area contributed by atoms with Gasteiger partial charge in [0.1, 0.15) is 5.75 Å². The molecule has 1 rings (SSSR count). The van der Waals surface area contributed by atoms with E-state index in [1.807, 2.05) is 32.1 Å². The molecule has 0 aliphatic heterocycles. The first-order valence-electron chi connectivity index (χ1n) is 6.16. The minimum absolute atomic E-state index is 0.119. The average molecular weight is 280 g/mol. The molecule has 0 saturated carbocycles. The van der Waals surface area contributed by atoms with Crippen LogP contribution in [0.5, 0.6) is 5.75 Å². The van der Waals surface area contributed by atoms with E-state index in [1.165, 1.54) is 0 Å². The largest absolute Gasteiger partial charge is 0.497 e. The zero-order valence-electron chi connectivity index (χ0n) is 11.6. The summed E-state index contributed by atoms with van der Waals surface area (Å²) in [5, 5.41) is 0. The van der Waals surface area contributed by atoms with Crippen LogP contribution in [0.25, 0.3) is 0 Å². The van der Waals surface area contributed by atoms with Crippen molar-refractivity contribution in [2.45, 2.75) is 25.2 Å². The molecule has 0 amide bonds. The van der Waals surface area contributed by atoms with E-state index in [-0.39, 0.29) is 5.75 Å². The molecule has 0 heterocycles. The maximum Gasteiger partial charge on any atom is 0.178 e. The summed E-state index contributed by atoms with van der Waals surface area (Å²) in [5.74, 6) is 0.775. The van der Waals surface area contributed by atoms with Crippen molar-refractivity contribution in [3.63, 3.8) is 0 Å². The molecule has 0 atom stereocenters. The Hall–Kier alpha value is -1.55. The van der Waals surface area contributed by atoms with Gasteiger partial charge in [-0.05, 0) is 44.5 Å². The molecule has 1 aromatic carbocycles. The van der Waals surface area contributed by atoms with Gasteiger partial charge in [-0.1, -0.05) is 23.8 Å². The number of sulfone groups is 1. The van der Waals surface area contributed by atoms with Crippen LogP contribution in [0.15, 0.2) is 53.0 Å². The Morgan fingerprint density at radius 3 is 2.42 bits per heavy atom. The summed E-state index contributed by atoms with van der Waals surface area (Å²) in [6.45, 7) is 3.89. The van der Waals surface area contributed by atoms with Crippen LogP contribution in [0.3, 0.4) is 0 Å². The number of allylic oxidation sites excluding steroid dienone is 4. The molecule has 0 spiro atoms. The Morgan fingerprint density at radius 2 is 1.89 bits per heavy atom. The topological polar surface area (TPSA) is 43.4 Å². The second-order valence-electron chi connectivity index (χ2n) is 4.23. The first-order chi connectivity index (χ1) is 8.99. The van der Waals surface area contributed by atoms with E-state index in [0.717, 1.165) is 5.57 Å². The molecule has 4 heteroatoms. The van der Waals surface area contributed by atoms with Crippen LogP contribution in [0.1, 0.15) is 20.3 Å². The van der Waals surface area contributed by atoms with Crippen molar-refractivity contribution in [1.82, 2.24) is 0 Å². The maximum atomic E-state index is 12.1. The number of ether oxygens (including phenoxy) is 1. The van der Waals surface area contributed by atoms with Crippen LogP contribution in [-0.2, 0) is 9.84 Å². The first-order valence-corrected chi connectivity index (χ1v) is 7.81. The van der Waals surface area contributed by atoms with Crippen LogP contribution < -0.4 is 4.74 Å². The smallest absolute Gasteiger partial charge is 0.178 e. The van der Waals surface area contributed by atoms with Crippen molar-refractivity contribution in [2.75, 3.05) is 12.9 Å². The SMILES string of the molecule is C/C=C\C(C)=C/CCS(=O)(=O)c1ccc(OC)cc1. The summed E-state index contributed by atoms with van der Waals surface area (Å²) in [6.07, 6.45) is 6.34. The average Bonchev–Trinajstić information content (AvgIpc) is 2.39. The highest BCUT2D eigenvalue weighted by atomic mass is 32.2. The zero-order chi connectivity index (χ0) is 14.3. The highest BCUT2D eigenvalue weighted by Crippen LogP contribution is 2.17. The number of rotatable bonds is 6. The molecule has 0 aliphatic rings. The second-order valence-corrected chi connectivity index (χ2v) is 6.34. The predicted molar refractivity (Wildman–Crippen MR) is 78.2 cm³/mol. The van der Waals surface area contributed by atoms with E-state index in [2.05, 4.69) is 0 Å². The molecule has 0 N–H and O–H groups in total. The van der Waals surface area contributed by atoms with Gasteiger partial charge in [0.25, 0.3) is 0 Å². The van der Waals surface area contributed by atoms with Crippen molar-refractivity contribution in [2.24, 2.45) is 0 Å². The van der Waals surface area contributed by atoms with Gasteiger partial charge in [-0.2, -0.15) is 0 Å². The predicted octanol–water partition coefficient (Wildman–Crippen LogP) is 3.38. The van der Waals surface area contributed by atoms with Gasteiger partial charge in [0, 0.05) is 0 Å². The van der Waals surface area contributed by atoms with E-state index in [0.29, 0.717) is 17.1 Å². The first kappa shape index (κ1) is 15.5. The van der Waals surface area contributed by atoms with Crippen LogP contribution in [-0.4, -0.2) is 21.3 Å². The summed E-state index contributed by atoms with van der Waals surface area (Å²) < 4.78 is 29.2. The third-order valence-corrected chi connectivity index (χ3v) is 4.46. The molecule has 0 radical (unpaired) electrons. The fourth-order valence-corrected chi connectivity index (χ4v) is 2.89. The number of benzene rings is 1. The minimum atomic E-state index is -3.22. The Kier molecular flexibility index (Phi) is 5.83. The molecule has 0 bridgehead atoms. The lowest BCUT2D eigenvalue weighted by molar-refractivity contribution is 0.414. The van der Waals surface area contributed by atoms with E-state index < -0.39 is 9.84 Å². The summed E-state index contributed by atoms with van der Waals surface area (Å²) in [6, 6.07) is 6.48. The van der Waals surface area contributed by atoms with Crippen molar-refractivity contribution in [3.05, 3.63) is 48.1 Å². The molecule has 0 saturated heterocycles. The molecule has 104 valence electrons. The van der Waals surface area contributed by atoms with Crippen molar-refractivity contribution < 1.29 is 13.2 Å². The molecule has 1 aromatic rings.